The summed E-state index contributed by atoms with van der Waals surface area (Å²) >= 11 is 3.25. The fourth-order valence-corrected chi connectivity index (χ4v) is 2.74. The lowest BCUT2D eigenvalue weighted by molar-refractivity contribution is 0.477. The number of benzene rings is 1. The van der Waals surface area contributed by atoms with Gasteiger partial charge in [0.15, 0.2) is 0 Å². The molecular formula is C16H21BrFNO. The Kier molecular flexibility index (Phi) is 4.86. The minimum atomic E-state index is -0.289. The van der Waals surface area contributed by atoms with Crippen molar-refractivity contribution in [2.45, 2.75) is 40.2 Å². The molecule has 0 unspecified atom stereocenters. The van der Waals surface area contributed by atoms with Gasteiger partial charge in [0.05, 0.1) is 11.0 Å². The molecule has 2 nitrogen and oxygen atoms in total. The van der Waals surface area contributed by atoms with Crippen molar-refractivity contribution >= 4 is 26.9 Å². The van der Waals surface area contributed by atoms with Gasteiger partial charge in [0.25, 0.3) is 0 Å². The summed E-state index contributed by atoms with van der Waals surface area (Å²) in [7, 11) is 0. The molecule has 1 aromatic heterocycles. The highest BCUT2D eigenvalue weighted by Crippen LogP contribution is 2.34. The van der Waals surface area contributed by atoms with Crippen LogP contribution in [0.2, 0.25) is 0 Å². The van der Waals surface area contributed by atoms with Crippen molar-refractivity contribution in [3.63, 3.8) is 0 Å². The van der Waals surface area contributed by atoms with Crippen LogP contribution in [-0.2, 0) is 6.54 Å². The first kappa shape index (κ1) is 15.5. The zero-order valence-electron chi connectivity index (χ0n) is 12.4. The first-order valence-corrected chi connectivity index (χ1v) is 7.80. The Balaban J connectivity index is 2.40. The Morgan fingerprint density at radius 3 is 2.55 bits per heavy atom. The molecule has 2 rings (SSSR count). The van der Waals surface area contributed by atoms with Gasteiger partial charge < -0.3 is 9.73 Å². The largest absolute Gasteiger partial charge is 0.459 e. The van der Waals surface area contributed by atoms with Gasteiger partial charge >= 0.3 is 0 Å². The minimum absolute atomic E-state index is 0.289. The zero-order chi connectivity index (χ0) is 14.9. The highest BCUT2D eigenvalue weighted by atomic mass is 79.9. The van der Waals surface area contributed by atoms with Crippen LogP contribution in [0.15, 0.2) is 21.0 Å². The van der Waals surface area contributed by atoms with Gasteiger partial charge in [0, 0.05) is 17.0 Å². The summed E-state index contributed by atoms with van der Waals surface area (Å²) < 4.78 is 20.0. The summed E-state index contributed by atoms with van der Waals surface area (Å²) in [6, 6.07) is 3.27. The van der Waals surface area contributed by atoms with Crippen molar-refractivity contribution in [1.29, 1.82) is 0 Å². The van der Waals surface area contributed by atoms with Crippen molar-refractivity contribution < 1.29 is 8.81 Å². The van der Waals surface area contributed by atoms with E-state index in [1.165, 1.54) is 6.07 Å². The van der Waals surface area contributed by atoms with Crippen LogP contribution in [0.4, 0.5) is 4.39 Å². The lowest BCUT2D eigenvalue weighted by Crippen LogP contribution is -2.19. The molecule has 1 heterocycles. The molecule has 0 aliphatic heterocycles. The van der Waals surface area contributed by atoms with Crippen molar-refractivity contribution in [2.75, 3.05) is 6.54 Å². The Labute approximate surface area is 127 Å². The molecule has 0 saturated carbocycles. The van der Waals surface area contributed by atoms with Gasteiger partial charge in [-0.2, -0.15) is 0 Å². The lowest BCUT2D eigenvalue weighted by atomic mass is 9.99. The molecule has 0 aliphatic rings. The quantitative estimate of drug-likeness (QED) is 0.808. The maximum absolute atomic E-state index is 13.6. The van der Waals surface area contributed by atoms with Crippen molar-refractivity contribution in [3.8, 4) is 0 Å². The van der Waals surface area contributed by atoms with Crippen LogP contribution < -0.4 is 5.32 Å². The normalized spacial score (nSPS) is 12.0. The lowest BCUT2D eigenvalue weighted by Gasteiger charge is -2.09. The summed E-state index contributed by atoms with van der Waals surface area (Å²) in [5, 5.41) is 4.38. The molecule has 0 aliphatic carbocycles. The molecule has 0 atom stereocenters. The molecule has 0 amide bonds. The average Bonchev–Trinajstić information content (AvgIpc) is 2.67. The first-order valence-electron chi connectivity index (χ1n) is 7.01. The third-order valence-corrected chi connectivity index (χ3v) is 3.87. The Morgan fingerprint density at radius 2 is 1.95 bits per heavy atom. The van der Waals surface area contributed by atoms with Crippen LogP contribution in [-0.4, -0.2) is 6.54 Å². The molecule has 0 bridgehead atoms. The molecule has 20 heavy (non-hydrogen) atoms. The third kappa shape index (κ3) is 3.23. The van der Waals surface area contributed by atoms with E-state index in [0.29, 0.717) is 28.4 Å². The van der Waals surface area contributed by atoms with E-state index >= 15 is 0 Å². The smallest absolute Gasteiger partial charge is 0.141 e. The van der Waals surface area contributed by atoms with E-state index in [9.17, 15) is 4.39 Å². The second-order valence-corrected chi connectivity index (χ2v) is 6.74. The van der Waals surface area contributed by atoms with E-state index < -0.39 is 0 Å². The Morgan fingerprint density at radius 1 is 1.25 bits per heavy atom. The molecule has 1 N–H and O–H groups in total. The van der Waals surface area contributed by atoms with Crippen LogP contribution in [0.3, 0.4) is 0 Å². The van der Waals surface area contributed by atoms with E-state index in [4.69, 9.17) is 4.42 Å². The standard InChI is InChI=1S/C16H21BrFNO/c1-9(2)7-19-8-15-16(10(3)4)11-5-12(17)13(18)6-14(11)20-15/h5-6,9-10,19H,7-8H2,1-4H3. The van der Waals surface area contributed by atoms with Gasteiger partial charge in [-0.25, -0.2) is 4.39 Å². The number of nitrogens with one attached hydrogen (secondary N) is 1. The molecule has 1 aromatic carbocycles. The van der Waals surface area contributed by atoms with E-state index in [-0.39, 0.29) is 5.82 Å². The zero-order valence-corrected chi connectivity index (χ0v) is 14.0. The van der Waals surface area contributed by atoms with Gasteiger partial charge in [-0.15, -0.1) is 0 Å². The van der Waals surface area contributed by atoms with Gasteiger partial charge in [-0.3, -0.25) is 0 Å². The Hall–Kier alpha value is -0.870. The monoisotopic (exact) mass is 341 g/mol. The van der Waals surface area contributed by atoms with E-state index in [0.717, 1.165) is 23.3 Å². The SMILES string of the molecule is CC(C)CNCc1oc2cc(F)c(Br)cc2c1C(C)C. The number of rotatable bonds is 5. The average molecular weight is 342 g/mol. The molecule has 0 fully saturated rings. The van der Waals surface area contributed by atoms with Gasteiger partial charge in [0.1, 0.15) is 17.2 Å². The van der Waals surface area contributed by atoms with Gasteiger partial charge in [-0.1, -0.05) is 27.7 Å². The molecule has 4 heteroatoms. The van der Waals surface area contributed by atoms with Crippen LogP contribution in [0, 0.1) is 11.7 Å². The number of hydrogen-bond donors (Lipinski definition) is 1. The maximum atomic E-state index is 13.6. The second kappa shape index (κ2) is 6.27. The number of halogens is 2. The fourth-order valence-electron chi connectivity index (χ4n) is 2.40. The molecule has 110 valence electrons. The second-order valence-electron chi connectivity index (χ2n) is 5.88. The predicted molar refractivity (Wildman–Crippen MR) is 84.5 cm³/mol. The summed E-state index contributed by atoms with van der Waals surface area (Å²) in [6.45, 7) is 10.2. The molecule has 0 radical (unpaired) electrons. The van der Waals surface area contributed by atoms with Crippen molar-refractivity contribution in [2.24, 2.45) is 5.92 Å². The molecule has 0 spiro atoms. The number of hydrogen-bond acceptors (Lipinski definition) is 2. The van der Waals surface area contributed by atoms with Gasteiger partial charge in [0.2, 0.25) is 0 Å². The van der Waals surface area contributed by atoms with Crippen molar-refractivity contribution in [3.05, 3.63) is 33.7 Å². The number of fused-ring (bicyclic) bond motifs is 1. The summed E-state index contributed by atoms with van der Waals surface area (Å²) in [6.07, 6.45) is 0. The summed E-state index contributed by atoms with van der Waals surface area (Å²) in [5.74, 6) is 1.55. The summed E-state index contributed by atoms with van der Waals surface area (Å²) in [5.41, 5.74) is 1.78. The Bertz CT molecular complexity index is 604. The molecule has 0 saturated heterocycles. The maximum Gasteiger partial charge on any atom is 0.141 e. The van der Waals surface area contributed by atoms with Crippen LogP contribution in [0.25, 0.3) is 11.0 Å². The van der Waals surface area contributed by atoms with E-state index in [1.54, 1.807) is 0 Å². The first-order chi connectivity index (χ1) is 9.40. The third-order valence-electron chi connectivity index (χ3n) is 3.26. The highest BCUT2D eigenvalue weighted by Gasteiger charge is 2.18. The topological polar surface area (TPSA) is 25.2 Å². The van der Waals surface area contributed by atoms with Crippen LogP contribution >= 0.6 is 15.9 Å². The van der Waals surface area contributed by atoms with Crippen molar-refractivity contribution in [1.82, 2.24) is 5.32 Å². The van der Waals surface area contributed by atoms with Gasteiger partial charge in [-0.05, 0) is 40.4 Å². The molecular weight excluding hydrogens is 321 g/mol. The van der Waals surface area contributed by atoms with Crippen LogP contribution in [0.1, 0.15) is 44.9 Å². The fraction of sp³-hybridized carbons (Fsp3) is 0.500. The van der Waals surface area contributed by atoms with E-state index in [1.807, 2.05) is 6.07 Å². The van der Waals surface area contributed by atoms with Crippen LogP contribution in [0.5, 0.6) is 0 Å². The number of furan rings is 1. The van der Waals surface area contributed by atoms with E-state index in [2.05, 4.69) is 48.9 Å². The minimum Gasteiger partial charge on any atom is -0.459 e. The molecule has 2 aromatic rings. The summed E-state index contributed by atoms with van der Waals surface area (Å²) in [4.78, 5) is 0. The highest BCUT2D eigenvalue weighted by molar-refractivity contribution is 9.10. The predicted octanol–water partition coefficient (Wildman–Crippen LogP) is 5.20.